The van der Waals surface area contributed by atoms with Crippen molar-refractivity contribution in [3.8, 4) is 5.75 Å². The topological polar surface area (TPSA) is 67.6 Å². The molecule has 7 heteroatoms. The summed E-state index contributed by atoms with van der Waals surface area (Å²) in [5.41, 5.74) is -0.115. The maximum absolute atomic E-state index is 14.1. The molecule has 0 radical (unpaired) electrons. The molecular weight excluding hydrogens is 277 g/mol. The lowest BCUT2D eigenvalue weighted by atomic mass is 9.94. The highest BCUT2D eigenvalue weighted by Gasteiger charge is 2.26. The summed E-state index contributed by atoms with van der Waals surface area (Å²) in [7, 11) is 3.39. The van der Waals surface area contributed by atoms with E-state index in [2.05, 4.69) is 24.2 Å². The van der Waals surface area contributed by atoms with Crippen LogP contribution in [-0.4, -0.2) is 43.1 Å². The van der Waals surface area contributed by atoms with Gasteiger partial charge >= 0.3 is 5.69 Å². The van der Waals surface area contributed by atoms with Gasteiger partial charge in [-0.2, -0.15) is 0 Å². The van der Waals surface area contributed by atoms with Gasteiger partial charge in [0.25, 0.3) is 0 Å². The van der Waals surface area contributed by atoms with E-state index < -0.39 is 10.7 Å². The van der Waals surface area contributed by atoms with Crippen LogP contribution in [0, 0.1) is 21.8 Å². The van der Waals surface area contributed by atoms with E-state index in [1.807, 2.05) is 0 Å². The molecule has 2 atom stereocenters. The molecule has 2 rings (SSSR count). The van der Waals surface area contributed by atoms with Gasteiger partial charge in [-0.05, 0) is 25.9 Å². The molecule has 1 aromatic rings. The van der Waals surface area contributed by atoms with Gasteiger partial charge in [-0.15, -0.1) is 0 Å². The number of anilines is 1. The van der Waals surface area contributed by atoms with Crippen LogP contribution < -0.4 is 10.1 Å². The predicted molar refractivity (Wildman–Crippen MR) is 78.3 cm³/mol. The fourth-order valence-electron chi connectivity index (χ4n) is 2.73. The van der Waals surface area contributed by atoms with Crippen molar-refractivity contribution in [2.24, 2.45) is 5.92 Å². The number of piperidine rings is 1. The lowest BCUT2D eigenvalue weighted by Gasteiger charge is -2.35. The lowest BCUT2D eigenvalue weighted by molar-refractivity contribution is -0.385. The summed E-state index contributed by atoms with van der Waals surface area (Å²) >= 11 is 0. The van der Waals surface area contributed by atoms with Crippen molar-refractivity contribution < 1.29 is 14.1 Å². The summed E-state index contributed by atoms with van der Waals surface area (Å²) in [6.07, 6.45) is 0.899. The summed E-state index contributed by atoms with van der Waals surface area (Å²) in [6, 6.07) is 2.40. The van der Waals surface area contributed by atoms with Gasteiger partial charge in [0, 0.05) is 18.7 Å². The van der Waals surface area contributed by atoms with Crippen molar-refractivity contribution in [3.05, 3.63) is 28.1 Å². The van der Waals surface area contributed by atoms with Crippen LogP contribution in [0.3, 0.4) is 0 Å². The molecular formula is C14H20FN3O3. The summed E-state index contributed by atoms with van der Waals surface area (Å²) in [4.78, 5) is 12.4. The number of rotatable bonds is 4. The summed E-state index contributed by atoms with van der Waals surface area (Å²) in [5.74, 6) is -0.206. The molecule has 21 heavy (non-hydrogen) atoms. The van der Waals surface area contributed by atoms with Crippen LogP contribution in [0.1, 0.15) is 13.3 Å². The number of nitrogens with zero attached hydrogens (tertiary/aromatic N) is 2. The van der Waals surface area contributed by atoms with E-state index in [4.69, 9.17) is 4.74 Å². The number of hydrogen-bond donors (Lipinski definition) is 1. The molecule has 1 N–H and O–H groups in total. The Hall–Kier alpha value is -1.89. The highest BCUT2D eigenvalue weighted by molar-refractivity contribution is 5.59. The van der Waals surface area contributed by atoms with Crippen molar-refractivity contribution in [3.63, 3.8) is 0 Å². The number of methoxy groups -OCH3 is 1. The molecule has 0 aromatic heterocycles. The number of likely N-dealkylation sites (tertiary alicyclic amines) is 1. The third-order valence-electron chi connectivity index (χ3n) is 3.91. The highest BCUT2D eigenvalue weighted by Crippen LogP contribution is 2.33. The summed E-state index contributed by atoms with van der Waals surface area (Å²) in [5, 5.41) is 14.0. The SMILES string of the molecule is COc1cc(NC2CCN(C)CC2C)c(F)cc1[N+](=O)[O-]. The van der Waals surface area contributed by atoms with Crippen LogP contribution in [0.15, 0.2) is 12.1 Å². The minimum Gasteiger partial charge on any atom is -0.490 e. The van der Waals surface area contributed by atoms with E-state index in [0.29, 0.717) is 5.92 Å². The zero-order valence-electron chi connectivity index (χ0n) is 12.4. The van der Waals surface area contributed by atoms with E-state index in [1.54, 1.807) is 0 Å². The normalized spacial score (nSPS) is 22.9. The van der Waals surface area contributed by atoms with Crippen molar-refractivity contribution in [2.75, 3.05) is 32.6 Å². The van der Waals surface area contributed by atoms with E-state index >= 15 is 0 Å². The Morgan fingerprint density at radius 2 is 2.24 bits per heavy atom. The molecule has 0 bridgehead atoms. The molecule has 116 valence electrons. The lowest BCUT2D eigenvalue weighted by Crippen LogP contribution is -2.43. The number of nitro benzene ring substituents is 1. The Morgan fingerprint density at radius 1 is 1.52 bits per heavy atom. The monoisotopic (exact) mass is 297 g/mol. The largest absolute Gasteiger partial charge is 0.490 e. The van der Waals surface area contributed by atoms with Crippen LogP contribution in [-0.2, 0) is 0 Å². The van der Waals surface area contributed by atoms with E-state index in [1.165, 1.54) is 13.2 Å². The number of nitro groups is 1. The molecule has 0 spiro atoms. The maximum atomic E-state index is 14.1. The molecule has 1 aliphatic rings. The molecule has 0 aliphatic carbocycles. The second-order valence-electron chi connectivity index (χ2n) is 5.54. The zero-order chi connectivity index (χ0) is 15.6. The predicted octanol–water partition coefficient (Wildman–Crippen LogP) is 2.49. The van der Waals surface area contributed by atoms with Crippen molar-refractivity contribution in [1.29, 1.82) is 0 Å². The molecule has 1 fully saturated rings. The number of hydrogen-bond acceptors (Lipinski definition) is 5. The van der Waals surface area contributed by atoms with Crippen LogP contribution in [0.5, 0.6) is 5.75 Å². The fraction of sp³-hybridized carbons (Fsp3) is 0.571. The molecule has 0 amide bonds. The van der Waals surface area contributed by atoms with Gasteiger partial charge in [-0.1, -0.05) is 6.92 Å². The minimum atomic E-state index is -0.649. The molecule has 0 saturated carbocycles. The van der Waals surface area contributed by atoms with Gasteiger partial charge in [0.05, 0.1) is 23.8 Å². The summed E-state index contributed by atoms with van der Waals surface area (Å²) < 4.78 is 19.0. The second kappa shape index (κ2) is 6.26. The van der Waals surface area contributed by atoms with Gasteiger partial charge in [0.2, 0.25) is 0 Å². The first-order chi connectivity index (χ1) is 9.92. The van der Waals surface area contributed by atoms with Gasteiger partial charge in [-0.25, -0.2) is 4.39 Å². The Bertz CT molecular complexity index is 538. The van der Waals surface area contributed by atoms with Gasteiger partial charge < -0.3 is 15.0 Å². The average molecular weight is 297 g/mol. The Balaban J connectivity index is 2.22. The van der Waals surface area contributed by atoms with Gasteiger partial charge in [0.1, 0.15) is 0 Å². The fourth-order valence-corrected chi connectivity index (χ4v) is 2.73. The highest BCUT2D eigenvalue weighted by atomic mass is 19.1. The number of nitrogens with one attached hydrogen (secondary N) is 1. The van der Waals surface area contributed by atoms with Crippen LogP contribution in [0.2, 0.25) is 0 Å². The first-order valence-electron chi connectivity index (χ1n) is 6.89. The third kappa shape index (κ3) is 3.41. The van der Waals surface area contributed by atoms with Crippen molar-refractivity contribution >= 4 is 11.4 Å². The van der Waals surface area contributed by atoms with E-state index in [-0.39, 0.29) is 23.2 Å². The molecule has 2 unspecified atom stereocenters. The smallest absolute Gasteiger partial charge is 0.313 e. The van der Waals surface area contributed by atoms with E-state index in [9.17, 15) is 14.5 Å². The minimum absolute atomic E-state index is 0.0597. The standard InChI is InChI=1S/C14H20FN3O3/c1-9-8-17(2)5-4-11(9)16-12-7-14(21-3)13(18(19)20)6-10(12)15/h6-7,9,11,16H,4-5,8H2,1-3H3. The number of halogens is 1. The van der Waals surface area contributed by atoms with Gasteiger partial charge in [0.15, 0.2) is 11.6 Å². The van der Waals surface area contributed by atoms with Crippen LogP contribution >= 0.6 is 0 Å². The summed E-state index contributed by atoms with van der Waals surface area (Å²) in [6.45, 7) is 3.98. The molecule has 6 nitrogen and oxygen atoms in total. The van der Waals surface area contributed by atoms with Crippen LogP contribution in [0.25, 0.3) is 0 Å². The van der Waals surface area contributed by atoms with Crippen molar-refractivity contribution in [1.82, 2.24) is 4.90 Å². The number of ether oxygens (including phenoxy) is 1. The Morgan fingerprint density at radius 3 is 2.81 bits per heavy atom. The first-order valence-corrected chi connectivity index (χ1v) is 6.89. The average Bonchev–Trinajstić information content (AvgIpc) is 2.43. The third-order valence-corrected chi connectivity index (χ3v) is 3.91. The van der Waals surface area contributed by atoms with Gasteiger partial charge in [-0.3, -0.25) is 10.1 Å². The maximum Gasteiger partial charge on any atom is 0.313 e. The molecule has 1 aromatic carbocycles. The quantitative estimate of drug-likeness (QED) is 0.683. The number of benzene rings is 1. The Kier molecular flexibility index (Phi) is 4.62. The van der Waals surface area contributed by atoms with Crippen LogP contribution in [0.4, 0.5) is 15.8 Å². The molecule has 1 heterocycles. The zero-order valence-corrected chi connectivity index (χ0v) is 12.4. The van der Waals surface area contributed by atoms with Crippen molar-refractivity contribution in [2.45, 2.75) is 19.4 Å². The second-order valence-corrected chi connectivity index (χ2v) is 5.54. The molecule has 1 aliphatic heterocycles. The Labute approximate surface area is 123 Å². The first kappa shape index (κ1) is 15.5. The molecule has 1 saturated heterocycles. The van der Waals surface area contributed by atoms with E-state index in [0.717, 1.165) is 25.6 Å².